The first-order chi connectivity index (χ1) is 16.0. The second-order valence-electron chi connectivity index (χ2n) is 7.77. The zero-order valence-electron chi connectivity index (χ0n) is 18.4. The molecule has 3 aromatic rings. The molecule has 1 fully saturated rings. The molecule has 0 radical (unpaired) electrons. The predicted molar refractivity (Wildman–Crippen MR) is 127 cm³/mol. The molecule has 1 aliphatic rings. The lowest BCUT2D eigenvalue weighted by Crippen LogP contribution is -2.46. The van der Waals surface area contributed by atoms with Crippen LogP contribution in [0.5, 0.6) is 0 Å². The van der Waals surface area contributed by atoms with Crippen LogP contribution in [0.3, 0.4) is 0 Å². The normalized spacial score (nSPS) is 17.5. The Kier molecular flexibility index (Phi) is 6.74. The molecule has 2 aromatic carbocycles. The Labute approximate surface area is 196 Å². The van der Waals surface area contributed by atoms with Crippen LogP contribution < -0.4 is 5.32 Å². The Morgan fingerprint density at radius 3 is 2.42 bits per heavy atom. The first-order valence-corrected chi connectivity index (χ1v) is 11.6. The summed E-state index contributed by atoms with van der Waals surface area (Å²) in [6.45, 7) is 2.68. The topological polar surface area (TPSA) is 79.0 Å². The Morgan fingerprint density at radius 1 is 1.06 bits per heavy atom. The fraction of sp³-hybridized carbons (Fsp3) is 0.240. The molecule has 170 valence electrons. The molecule has 4 rings (SSSR count). The van der Waals surface area contributed by atoms with Gasteiger partial charge in [0.1, 0.15) is 0 Å². The SMILES string of the molecule is CCN(C)C(=O)C1C(c2ccc(NC(=O)c3cccs3)cc2)OC(=O)N1Cc1ccccc1. The van der Waals surface area contributed by atoms with E-state index in [9.17, 15) is 14.4 Å². The summed E-state index contributed by atoms with van der Waals surface area (Å²) >= 11 is 1.37. The second kappa shape index (κ2) is 9.87. The van der Waals surface area contributed by atoms with Crippen molar-refractivity contribution in [2.45, 2.75) is 25.6 Å². The van der Waals surface area contributed by atoms with Gasteiger partial charge in [0.25, 0.3) is 5.91 Å². The molecule has 2 atom stereocenters. The van der Waals surface area contributed by atoms with Gasteiger partial charge in [-0.3, -0.25) is 14.5 Å². The van der Waals surface area contributed by atoms with Gasteiger partial charge in [-0.15, -0.1) is 11.3 Å². The number of nitrogens with zero attached hydrogens (tertiary/aromatic N) is 2. The zero-order chi connectivity index (χ0) is 23.4. The van der Waals surface area contributed by atoms with Crippen LogP contribution in [-0.2, 0) is 16.1 Å². The van der Waals surface area contributed by atoms with Crippen LogP contribution in [0.1, 0.15) is 33.8 Å². The van der Waals surface area contributed by atoms with E-state index in [1.54, 1.807) is 42.3 Å². The van der Waals surface area contributed by atoms with Gasteiger partial charge in [0.15, 0.2) is 12.1 Å². The number of anilines is 1. The minimum absolute atomic E-state index is 0.181. The van der Waals surface area contributed by atoms with Gasteiger partial charge >= 0.3 is 6.09 Å². The van der Waals surface area contributed by atoms with Crippen LogP contribution in [0, 0.1) is 0 Å². The molecule has 0 spiro atoms. The highest BCUT2D eigenvalue weighted by Crippen LogP contribution is 2.35. The van der Waals surface area contributed by atoms with E-state index in [0.29, 0.717) is 22.7 Å². The quantitative estimate of drug-likeness (QED) is 0.558. The van der Waals surface area contributed by atoms with Gasteiger partial charge in [-0.05, 0) is 41.6 Å². The van der Waals surface area contributed by atoms with E-state index in [2.05, 4.69) is 5.32 Å². The summed E-state index contributed by atoms with van der Waals surface area (Å²) in [6, 6.07) is 19.4. The van der Waals surface area contributed by atoms with E-state index in [1.807, 2.05) is 48.7 Å². The van der Waals surface area contributed by atoms with Crippen LogP contribution >= 0.6 is 11.3 Å². The van der Waals surface area contributed by atoms with Crippen molar-refractivity contribution in [1.29, 1.82) is 0 Å². The van der Waals surface area contributed by atoms with Crippen molar-refractivity contribution in [1.82, 2.24) is 9.80 Å². The van der Waals surface area contributed by atoms with Crippen molar-refractivity contribution in [3.63, 3.8) is 0 Å². The number of rotatable bonds is 7. The number of amides is 3. The van der Waals surface area contributed by atoms with Crippen molar-refractivity contribution < 1.29 is 19.1 Å². The molecule has 0 bridgehead atoms. The maximum atomic E-state index is 13.2. The van der Waals surface area contributed by atoms with Crippen molar-refractivity contribution in [3.05, 3.63) is 88.1 Å². The minimum atomic E-state index is -0.783. The average molecular weight is 464 g/mol. The van der Waals surface area contributed by atoms with Crippen LogP contribution in [-0.4, -0.2) is 47.3 Å². The molecule has 33 heavy (non-hydrogen) atoms. The third kappa shape index (κ3) is 4.90. The number of benzene rings is 2. The first kappa shape index (κ1) is 22.5. The van der Waals surface area contributed by atoms with E-state index < -0.39 is 18.2 Å². The number of thiophene rings is 1. The first-order valence-electron chi connectivity index (χ1n) is 10.7. The van der Waals surface area contributed by atoms with Gasteiger partial charge in [0.2, 0.25) is 5.91 Å². The Morgan fingerprint density at radius 2 is 1.79 bits per heavy atom. The predicted octanol–water partition coefficient (Wildman–Crippen LogP) is 4.54. The Hall–Kier alpha value is -3.65. The molecule has 1 saturated heterocycles. The number of hydrogen-bond donors (Lipinski definition) is 1. The monoisotopic (exact) mass is 463 g/mol. The van der Waals surface area contributed by atoms with Gasteiger partial charge in [0, 0.05) is 19.3 Å². The summed E-state index contributed by atoms with van der Waals surface area (Å²) in [4.78, 5) is 42.1. The molecule has 7 nitrogen and oxygen atoms in total. The summed E-state index contributed by atoms with van der Waals surface area (Å²) in [5, 5.41) is 4.70. The number of carbonyl (C=O) groups excluding carboxylic acids is 3. The summed E-state index contributed by atoms with van der Waals surface area (Å²) in [6.07, 6.45) is -1.27. The van der Waals surface area contributed by atoms with E-state index >= 15 is 0 Å². The lowest BCUT2D eigenvalue weighted by Gasteiger charge is -2.28. The highest BCUT2D eigenvalue weighted by Gasteiger charge is 2.47. The summed E-state index contributed by atoms with van der Waals surface area (Å²) < 4.78 is 5.69. The fourth-order valence-corrected chi connectivity index (χ4v) is 4.33. The van der Waals surface area contributed by atoms with Gasteiger partial charge < -0.3 is 15.0 Å². The molecular formula is C25H25N3O4S. The highest BCUT2D eigenvalue weighted by atomic mass is 32.1. The highest BCUT2D eigenvalue weighted by molar-refractivity contribution is 7.12. The largest absolute Gasteiger partial charge is 0.438 e. The third-order valence-electron chi connectivity index (χ3n) is 5.63. The second-order valence-corrected chi connectivity index (χ2v) is 8.72. The molecule has 2 heterocycles. The Bertz CT molecular complexity index is 1120. The van der Waals surface area contributed by atoms with Crippen molar-refractivity contribution in [3.8, 4) is 0 Å². The lowest BCUT2D eigenvalue weighted by molar-refractivity contribution is -0.135. The maximum Gasteiger partial charge on any atom is 0.411 e. The van der Waals surface area contributed by atoms with E-state index in [1.165, 1.54) is 16.2 Å². The van der Waals surface area contributed by atoms with Gasteiger partial charge in [-0.1, -0.05) is 48.5 Å². The maximum absolute atomic E-state index is 13.2. The number of carbonyl (C=O) groups is 3. The molecular weight excluding hydrogens is 438 g/mol. The third-order valence-corrected chi connectivity index (χ3v) is 6.49. The summed E-state index contributed by atoms with van der Waals surface area (Å²) in [5.74, 6) is -0.365. The van der Waals surface area contributed by atoms with E-state index in [0.717, 1.165) is 5.56 Å². The van der Waals surface area contributed by atoms with Crippen LogP contribution in [0.15, 0.2) is 72.1 Å². The Balaban J connectivity index is 1.57. The molecule has 1 N–H and O–H groups in total. The fourth-order valence-electron chi connectivity index (χ4n) is 3.71. The lowest BCUT2D eigenvalue weighted by atomic mass is 10.00. The molecule has 1 aromatic heterocycles. The summed E-state index contributed by atoms with van der Waals surface area (Å²) in [7, 11) is 1.71. The zero-order valence-corrected chi connectivity index (χ0v) is 19.2. The van der Waals surface area contributed by atoms with Crippen molar-refractivity contribution in [2.24, 2.45) is 0 Å². The smallest absolute Gasteiger partial charge is 0.411 e. The van der Waals surface area contributed by atoms with E-state index in [-0.39, 0.29) is 18.4 Å². The molecule has 1 aliphatic heterocycles. The number of ether oxygens (including phenoxy) is 1. The molecule has 0 aliphatic carbocycles. The molecule has 3 amide bonds. The molecule has 8 heteroatoms. The number of cyclic esters (lactones) is 1. The van der Waals surface area contributed by atoms with Crippen LogP contribution in [0.25, 0.3) is 0 Å². The molecule has 0 saturated carbocycles. The van der Waals surface area contributed by atoms with Crippen molar-refractivity contribution >= 4 is 34.9 Å². The number of nitrogens with one attached hydrogen (secondary N) is 1. The minimum Gasteiger partial charge on any atom is -0.438 e. The van der Waals surface area contributed by atoms with E-state index in [4.69, 9.17) is 4.74 Å². The van der Waals surface area contributed by atoms with Crippen molar-refractivity contribution in [2.75, 3.05) is 18.9 Å². The average Bonchev–Trinajstić information content (AvgIpc) is 3.48. The number of likely N-dealkylation sites (N-methyl/N-ethyl adjacent to an activating group) is 1. The van der Waals surface area contributed by atoms with Gasteiger partial charge in [0.05, 0.1) is 11.4 Å². The van der Waals surface area contributed by atoms with Gasteiger partial charge in [-0.25, -0.2) is 4.79 Å². The summed E-state index contributed by atoms with van der Waals surface area (Å²) in [5.41, 5.74) is 2.23. The van der Waals surface area contributed by atoms with Crippen LogP contribution in [0.2, 0.25) is 0 Å². The van der Waals surface area contributed by atoms with Crippen LogP contribution in [0.4, 0.5) is 10.5 Å². The van der Waals surface area contributed by atoms with Gasteiger partial charge in [-0.2, -0.15) is 0 Å². The standard InChI is InChI=1S/C25H25N3O4S/c1-3-27(2)24(30)21-22(32-25(31)28(21)16-17-8-5-4-6-9-17)18-11-13-19(14-12-18)26-23(29)20-10-7-15-33-20/h4-15,21-22H,3,16H2,1-2H3,(H,26,29). The number of hydrogen-bond acceptors (Lipinski definition) is 5. The molecule has 2 unspecified atom stereocenters.